The van der Waals surface area contributed by atoms with Gasteiger partial charge in [-0.05, 0) is 51.9 Å². The standard InChI is InChI=1S/C23H41NO3/c1-3-4-5-6-7-9-12-16-21(2)17-13-10-8-11-14-18-22(25)24-20-15-19-23(26)27/h8,10,16H,3-7,9,11-15,17-20H2,1-2H3,(H,24,25)(H,26,27). The quantitative estimate of drug-likeness (QED) is 0.221. The van der Waals surface area contributed by atoms with Gasteiger partial charge < -0.3 is 10.4 Å². The van der Waals surface area contributed by atoms with Crippen LogP contribution in [0.3, 0.4) is 0 Å². The van der Waals surface area contributed by atoms with Crippen molar-refractivity contribution in [3.63, 3.8) is 0 Å². The van der Waals surface area contributed by atoms with Crippen LogP contribution in [0.1, 0.15) is 104 Å². The Kier molecular flexibility index (Phi) is 18.1. The molecule has 27 heavy (non-hydrogen) atoms. The second-order valence-corrected chi connectivity index (χ2v) is 7.36. The Labute approximate surface area is 166 Å². The predicted octanol–water partition coefficient (Wildman–Crippen LogP) is 6.17. The van der Waals surface area contributed by atoms with Gasteiger partial charge in [0.25, 0.3) is 0 Å². The van der Waals surface area contributed by atoms with E-state index in [0.29, 0.717) is 19.4 Å². The molecule has 4 nitrogen and oxygen atoms in total. The van der Waals surface area contributed by atoms with Gasteiger partial charge in [-0.25, -0.2) is 0 Å². The molecule has 0 heterocycles. The molecule has 0 spiro atoms. The number of carboxylic acids is 1. The lowest BCUT2D eigenvalue weighted by molar-refractivity contribution is -0.137. The van der Waals surface area contributed by atoms with Gasteiger partial charge in [0.2, 0.25) is 5.91 Å². The minimum absolute atomic E-state index is 0.0160. The molecule has 0 aliphatic carbocycles. The van der Waals surface area contributed by atoms with E-state index < -0.39 is 5.97 Å². The summed E-state index contributed by atoms with van der Waals surface area (Å²) in [7, 11) is 0. The third-order valence-corrected chi connectivity index (χ3v) is 4.59. The molecule has 0 fully saturated rings. The van der Waals surface area contributed by atoms with E-state index in [1.165, 1.54) is 50.5 Å². The average Bonchev–Trinajstić information content (AvgIpc) is 2.63. The molecule has 0 atom stereocenters. The van der Waals surface area contributed by atoms with Gasteiger partial charge in [-0.1, -0.05) is 62.8 Å². The Morgan fingerprint density at radius 1 is 0.815 bits per heavy atom. The zero-order chi connectivity index (χ0) is 20.2. The Bertz CT molecular complexity index is 441. The molecule has 156 valence electrons. The molecule has 0 aromatic heterocycles. The summed E-state index contributed by atoms with van der Waals surface area (Å²) in [4.78, 5) is 21.9. The fourth-order valence-corrected chi connectivity index (χ4v) is 2.86. The number of rotatable bonds is 18. The number of hydrogen-bond acceptors (Lipinski definition) is 2. The molecule has 0 bridgehead atoms. The molecular formula is C23H41NO3. The largest absolute Gasteiger partial charge is 0.481 e. The van der Waals surface area contributed by atoms with Crippen LogP contribution >= 0.6 is 0 Å². The molecule has 0 aromatic rings. The smallest absolute Gasteiger partial charge is 0.303 e. The first kappa shape index (κ1) is 25.4. The van der Waals surface area contributed by atoms with Gasteiger partial charge in [-0.2, -0.15) is 0 Å². The maximum Gasteiger partial charge on any atom is 0.303 e. The van der Waals surface area contributed by atoms with Crippen LogP contribution in [0.2, 0.25) is 0 Å². The van der Waals surface area contributed by atoms with E-state index in [1.54, 1.807) is 0 Å². The van der Waals surface area contributed by atoms with Crippen molar-refractivity contribution in [2.24, 2.45) is 0 Å². The van der Waals surface area contributed by atoms with Crippen molar-refractivity contribution in [1.82, 2.24) is 5.32 Å². The summed E-state index contributed by atoms with van der Waals surface area (Å²) in [5, 5.41) is 11.3. The van der Waals surface area contributed by atoms with Crippen molar-refractivity contribution in [3.05, 3.63) is 23.8 Å². The van der Waals surface area contributed by atoms with Crippen molar-refractivity contribution in [3.8, 4) is 0 Å². The zero-order valence-corrected chi connectivity index (χ0v) is 17.6. The highest BCUT2D eigenvalue weighted by Gasteiger charge is 2.01. The zero-order valence-electron chi connectivity index (χ0n) is 17.6. The molecule has 0 radical (unpaired) electrons. The number of nitrogens with one attached hydrogen (secondary N) is 1. The highest BCUT2D eigenvalue weighted by atomic mass is 16.4. The van der Waals surface area contributed by atoms with Gasteiger partial charge in [0.15, 0.2) is 0 Å². The average molecular weight is 380 g/mol. The predicted molar refractivity (Wildman–Crippen MR) is 114 cm³/mol. The van der Waals surface area contributed by atoms with Crippen molar-refractivity contribution in [2.45, 2.75) is 104 Å². The number of hydrogen-bond donors (Lipinski definition) is 2. The highest BCUT2D eigenvalue weighted by Crippen LogP contribution is 2.11. The van der Waals surface area contributed by atoms with Crippen molar-refractivity contribution < 1.29 is 14.7 Å². The van der Waals surface area contributed by atoms with Crippen LogP contribution in [0.15, 0.2) is 23.8 Å². The number of carboxylic acid groups (broad SMARTS) is 1. The fraction of sp³-hybridized carbons (Fsp3) is 0.739. The van der Waals surface area contributed by atoms with Gasteiger partial charge in [0.05, 0.1) is 0 Å². The maximum absolute atomic E-state index is 11.6. The Balaban J connectivity index is 3.50. The van der Waals surface area contributed by atoms with Crippen LogP contribution in [0, 0.1) is 0 Å². The monoisotopic (exact) mass is 379 g/mol. The van der Waals surface area contributed by atoms with E-state index >= 15 is 0 Å². The van der Waals surface area contributed by atoms with Crippen molar-refractivity contribution in [1.29, 1.82) is 0 Å². The maximum atomic E-state index is 11.6. The van der Waals surface area contributed by atoms with Crippen molar-refractivity contribution >= 4 is 11.9 Å². The topological polar surface area (TPSA) is 66.4 Å². The minimum atomic E-state index is -0.818. The fourth-order valence-electron chi connectivity index (χ4n) is 2.86. The summed E-state index contributed by atoms with van der Waals surface area (Å²) in [5.41, 5.74) is 1.48. The normalized spacial score (nSPS) is 11.9. The van der Waals surface area contributed by atoms with E-state index in [0.717, 1.165) is 25.7 Å². The Morgan fingerprint density at radius 2 is 1.52 bits per heavy atom. The number of carbonyl (C=O) groups is 2. The van der Waals surface area contributed by atoms with Gasteiger partial charge in [0.1, 0.15) is 0 Å². The first-order valence-corrected chi connectivity index (χ1v) is 10.8. The van der Waals surface area contributed by atoms with Crippen LogP contribution in [-0.2, 0) is 9.59 Å². The Hall–Kier alpha value is -1.58. The van der Waals surface area contributed by atoms with E-state index in [2.05, 4.69) is 37.4 Å². The van der Waals surface area contributed by atoms with Crippen LogP contribution in [0.4, 0.5) is 0 Å². The molecule has 0 aliphatic heterocycles. The summed E-state index contributed by atoms with van der Waals surface area (Å²) in [5.74, 6) is -0.802. The van der Waals surface area contributed by atoms with E-state index in [-0.39, 0.29) is 12.3 Å². The van der Waals surface area contributed by atoms with E-state index in [4.69, 9.17) is 5.11 Å². The summed E-state index contributed by atoms with van der Waals surface area (Å²) in [6.07, 6.45) is 21.2. The molecular weight excluding hydrogens is 338 g/mol. The van der Waals surface area contributed by atoms with Crippen LogP contribution < -0.4 is 5.32 Å². The van der Waals surface area contributed by atoms with Gasteiger partial charge >= 0.3 is 5.97 Å². The van der Waals surface area contributed by atoms with Crippen LogP contribution in [0.25, 0.3) is 0 Å². The number of aliphatic carboxylic acids is 1. The van der Waals surface area contributed by atoms with Gasteiger partial charge in [-0.3, -0.25) is 9.59 Å². The lowest BCUT2D eigenvalue weighted by Crippen LogP contribution is -2.24. The molecule has 2 N–H and O–H groups in total. The number of amides is 1. The molecule has 0 saturated carbocycles. The Morgan fingerprint density at radius 3 is 2.26 bits per heavy atom. The lowest BCUT2D eigenvalue weighted by Gasteiger charge is -2.03. The van der Waals surface area contributed by atoms with E-state index in [1.807, 2.05) is 0 Å². The third-order valence-electron chi connectivity index (χ3n) is 4.59. The van der Waals surface area contributed by atoms with Crippen LogP contribution in [0.5, 0.6) is 0 Å². The van der Waals surface area contributed by atoms with Gasteiger partial charge in [-0.15, -0.1) is 0 Å². The molecule has 0 rings (SSSR count). The highest BCUT2D eigenvalue weighted by molar-refractivity contribution is 5.75. The number of unbranched alkanes of at least 4 members (excludes halogenated alkanes) is 7. The lowest BCUT2D eigenvalue weighted by atomic mass is 10.1. The SMILES string of the molecule is CCCCCCCCC=C(C)CCC=CCCCC(=O)NCCCC(=O)O. The third kappa shape index (κ3) is 20.6. The molecule has 0 unspecified atom stereocenters. The molecule has 0 aliphatic rings. The van der Waals surface area contributed by atoms with Crippen LogP contribution in [-0.4, -0.2) is 23.5 Å². The van der Waals surface area contributed by atoms with Gasteiger partial charge in [0, 0.05) is 19.4 Å². The second-order valence-electron chi connectivity index (χ2n) is 7.36. The summed E-state index contributed by atoms with van der Waals surface area (Å²) in [6.45, 7) is 4.93. The van der Waals surface area contributed by atoms with Crippen molar-refractivity contribution in [2.75, 3.05) is 6.54 Å². The molecule has 0 aromatic carbocycles. The molecule has 4 heteroatoms. The molecule has 0 saturated heterocycles. The first-order valence-electron chi connectivity index (χ1n) is 10.8. The molecule has 1 amide bonds. The summed E-state index contributed by atoms with van der Waals surface area (Å²) >= 11 is 0. The summed E-state index contributed by atoms with van der Waals surface area (Å²) < 4.78 is 0. The number of allylic oxidation sites excluding steroid dienone is 4. The summed E-state index contributed by atoms with van der Waals surface area (Å²) in [6, 6.07) is 0. The minimum Gasteiger partial charge on any atom is -0.481 e. The van der Waals surface area contributed by atoms with E-state index in [9.17, 15) is 9.59 Å². The second kappa shape index (κ2) is 19.2. The number of carbonyl (C=O) groups excluding carboxylic acids is 1. The first-order chi connectivity index (χ1) is 13.1.